The normalized spacial score (nSPS) is 10.4. The first kappa shape index (κ1) is 9.08. The summed E-state index contributed by atoms with van der Waals surface area (Å²) in [7, 11) is 2.04. The lowest BCUT2D eigenvalue weighted by Crippen LogP contribution is -2.15. The van der Waals surface area contributed by atoms with Gasteiger partial charge in [-0.25, -0.2) is 0 Å². The molecular formula is C9H12N4S. The number of aromatic nitrogens is 2. The van der Waals surface area contributed by atoms with Gasteiger partial charge in [-0.2, -0.15) is 5.10 Å². The van der Waals surface area contributed by atoms with Crippen molar-refractivity contribution >= 4 is 22.2 Å². The largest absolute Gasteiger partial charge is 0.382 e. The van der Waals surface area contributed by atoms with Crippen LogP contribution in [0.15, 0.2) is 23.6 Å². The van der Waals surface area contributed by atoms with Gasteiger partial charge in [-0.15, -0.1) is 11.3 Å². The van der Waals surface area contributed by atoms with Gasteiger partial charge in [0.05, 0.1) is 17.2 Å². The van der Waals surface area contributed by atoms with Gasteiger partial charge in [0.2, 0.25) is 0 Å². The molecule has 0 unspecified atom stereocenters. The molecular weight excluding hydrogens is 196 g/mol. The first-order valence-corrected chi connectivity index (χ1v) is 5.18. The Balaban J connectivity index is 2.05. The summed E-state index contributed by atoms with van der Waals surface area (Å²) in [4.78, 5) is 2.15. The second kappa shape index (κ2) is 3.71. The molecule has 0 aromatic carbocycles. The van der Waals surface area contributed by atoms with Gasteiger partial charge < -0.3 is 10.6 Å². The molecule has 0 fully saturated rings. The minimum absolute atomic E-state index is 0.541. The molecule has 0 saturated heterocycles. The number of rotatable bonds is 3. The molecule has 0 spiro atoms. The van der Waals surface area contributed by atoms with E-state index in [9.17, 15) is 0 Å². The topological polar surface area (TPSA) is 57.9 Å². The van der Waals surface area contributed by atoms with E-state index in [1.54, 1.807) is 11.3 Å². The Hall–Kier alpha value is -1.49. The van der Waals surface area contributed by atoms with Gasteiger partial charge in [0.15, 0.2) is 0 Å². The number of hydrogen-bond acceptors (Lipinski definition) is 4. The molecule has 3 N–H and O–H groups in total. The Morgan fingerprint density at radius 1 is 1.64 bits per heavy atom. The van der Waals surface area contributed by atoms with E-state index in [0.717, 1.165) is 12.2 Å². The number of anilines is 2. The predicted octanol–water partition coefficient (Wildman–Crippen LogP) is 1.69. The van der Waals surface area contributed by atoms with Gasteiger partial charge in [-0.05, 0) is 17.5 Å². The second-order valence-corrected chi connectivity index (χ2v) is 4.05. The molecule has 74 valence electrons. The lowest BCUT2D eigenvalue weighted by atomic mass is 10.4. The number of nitrogen functional groups attached to an aromatic ring is 1. The molecule has 0 bridgehead atoms. The van der Waals surface area contributed by atoms with Crippen LogP contribution in [0.3, 0.4) is 0 Å². The number of thiophene rings is 1. The van der Waals surface area contributed by atoms with Crippen molar-refractivity contribution in [1.82, 2.24) is 10.2 Å². The van der Waals surface area contributed by atoms with E-state index in [4.69, 9.17) is 5.73 Å². The van der Waals surface area contributed by atoms with Crippen molar-refractivity contribution in [3.8, 4) is 0 Å². The van der Waals surface area contributed by atoms with E-state index >= 15 is 0 Å². The zero-order chi connectivity index (χ0) is 9.97. The summed E-state index contributed by atoms with van der Waals surface area (Å²) >= 11 is 1.72. The first-order chi connectivity index (χ1) is 6.75. The van der Waals surface area contributed by atoms with Gasteiger partial charge in [0, 0.05) is 13.1 Å². The lowest BCUT2D eigenvalue weighted by Gasteiger charge is -2.15. The standard InChI is InChI=1S/C9H12N4S/c1-13(9-3-2-4-14-9)6-7-5-8(10)12-11-7/h2-5H,6H2,1H3,(H3,10,11,12). The number of hydrogen-bond donors (Lipinski definition) is 2. The maximum atomic E-state index is 5.51. The van der Waals surface area contributed by atoms with Crippen LogP contribution in [-0.4, -0.2) is 17.2 Å². The Morgan fingerprint density at radius 2 is 2.50 bits per heavy atom. The zero-order valence-corrected chi connectivity index (χ0v) is 8.71. The van der Waals surface area contributed by atoms with E-state index in [2.05, 4.69) is 26.5 Å². The predicted molar refractivity (Wildman–Crippen MR) is 59.4 cm³/mol. The molecule has 0 aliphatic carbocycles. The quantitative estimate of drug-likeness (QED) is 0.807. The van der Waals surface area contributed by atoms with Crippen molar-refractivity contribution in [3.05, 3.63) is 29.3 Å². The highest BCUT2D eigenvalue weighted by atomic mass is 32.1. The molecule has 0 atom stereocenters. The Bertz CT molecular complexity index is 393. The summed E-state index contributed by atoms with van der Waals surface area (Å²) in [6, 6.07) is 5.98. The maximum Gasteiger partial charge on any atom is 0.145 e. The third kappa shape index (κ3) is 1.88. The Labute approximate surface area is 86.4 Å². The lowest BCUT2D eigenvalue weighted by molar-refractivity contribution is 0.878. The molecule has 0 aliphatic rings. The molecule has 0 aliphatic heterocycles. The molecule has 2 aromatic rings. The van der Waals surface area contributed by atoms with E-state index < -0.39 is 0 Å². The number of nitrogens with one attached hydrogen (secondary N) is 1. The third-order valence-electron chi connectivity index (χ3n) is 1.94. The summed E-state index contributed by atoms with van der Waals surface area (Å²) < 4.78 is 0. The van der Waals surface area contributed by atoms with Crippen LogP contribution in [-0.2, 0) is 6.54 Å². The molecule has 0 amide bonds. The van der Waals surface area contributed by atoms with Crippen LogP contribution in [0.2, 0.25) is 0 Å². The van der Waals surface area contributed by atoms with Gasteiger partial charge in [0.1, 0.15) is 5.82 Å². The molecule has 0 radical (unpaired) electrons. The summed E-state index contributed by atoms with van der Waals surface area (Å²) in [6.07, 6.45) is 0. The summed E-state index contributed by atoms with van der Waals surface area (Å²) in [5, 5.41) is 10.1. The van der Waals surface area contributed by atoms with Crippen LogP contribution in [0.25, 0.3) is 0 Å². The van der Waals surface area contributed by atoms with Crippen LogP contribution in [0, 0.1) is 0 Å². The number of nitrogens with two attached hydrogens (primary N) is 1. The Kier molecular flexibility index (Phi) is 2.41. The van der Waals surface area contributed by atoms with Crippen LogP contribution in [0.4, 0.5) is 10.8 Å². The fourth-order valence-electron chi connectivity index (χ4n) is 1.28. The van der Waals surface area contributed by atoms with Crippen LogP contribution in [0.5, 0.6) is 0 Å². The number of H-pyrrole nitrogens is 1. The second-order valence-electron chi connectivity index (χ2n) is 3.13. The molecule has 2 aromatic heterocycles. The van der Waals surface area contributed by atoms with Gasteiger partial charge in [0.25, 0.3) is 0 Å². The monoisotopic (exact) mass is 208 g/mol. The molecule has 14 heavy (non-hydrogen) atoms. The van der Waals surface area contributed by atoms with Gasteiger partial charge >= 0.3 is 0 Å². The smallest absolute Gasteiger partial charge is 0.145 e. The molecule has 2 heterocycles. The van der Waals surface area contributed by atoms with Gasteiger partial charge in [-0.1, -0.05) is 0 Å². The van der Waals surface area contributed by atoms with E-state index in [1.807, 2.05) is 19.2 Å². The minimum atomic E-state index is 0.541. The molecule has 2 rings (SSSR count). The fourth-order valence-corrected chi connectivity index (χ4v) is 1.98. The number of aromatic amines is 1. The highest BCUT2D eigenvalue weighted by Crippen LogP contribution is 2.21. The van der Waals surface area contributed by atoms with Crippen molar-refractivity contribution in [3.63, 3.8) is 0 Å². The third-order valence-corrected chi connectivity index (χ3v) is 2.92. The van der Waals surface area contributed by atoms with Crippen molar-refractivity contribution in [2.75, 3.05) is 17.7 Å². The number of nitrogens with zero attached hydrogens (tertiary/aromatic N) is 2. The van der Waals surface area contributed by atoms with Crippen molar-refractivity contribution in [2.24, 2.45) is 0 Å². The highest BCUT2D eigenvalue weighted by molar-refractivity contribution is 7.14. The minimum Gasteiger partial charge on any atom is -0.382 e. The van der Waals surface area contributed by atoms with Crippen LogP contribution in [0.1, 0.15) is 5.69 Å². The van der Waals surface area contributed by atoms with E-state index in [0.29, 0.717) is 5.82 Å². The van der Waals surface area contributed by atoms with Gasteiger partial charge in [-0.3, -0.25) is 5.10 Å². The summed E-state index contributed by atoms with van der Waals surface area (Å²) in [6.45, 7) is 0.796. The first-order valence-electron chi connectivity index (χ1n) is 4.30. The molecule has 5 heteroatoms. The molecule has 4 nitrogen and oxygen atoms in total. The average Bonchev–Trinajstić information content (AvgIpc) is 2.75. The fraction of sp³-hybridized carbons (Fsp3) is 0.222. The SMILES string of the molecule is CN(Cc1cc(N)n[nH]1)c1cccs1. The highest BCUT2D eigenvalue weighted by Gasteiger charge is 2.04. The maximum absolute atomic E-state index is 5.51. The van der Waals surface area contributed by atoms with E-state index in [1.165, 1.54) is 5.00 Å². The zero-order valence-electron chi connectivity index (χ0n) is 7.90. The average molecular weight is 208 g/mol. The van der Waals surface area contributed by atoms with E-state index in [-0.39, 0.29) is 0 Å². The molecule has 0 saturated carbocycles. The Morgan fingerprint density at radius 3 is 3.07 bits per heavy atom. The van der Waals surface area contributed by atoms with Crippen molar-refractivity contribution in [2.45, 2.75) is 6.54 Å². The van der Waals surface area contributed by atoms with Crippen LogP contribution >= 0.6 is 11.3 Å². The summed E-state index contributed by atoms with van der Waals surface area (Å²) in [5.74, 6) is 0.541. The van der Waals surface area contributed by atoms with Crippen LogP contribution < -0.4 is 10.6 Å². The van der Waals surface area contributed by atoms with Crippen molar-refractivity contribution in [1.29, 1.82) is 0 Å². The van der Waals surface area contributed by atoms with Crippen molar-refractivity contribution < 1.29 is 0 Å². The summed E-state index contributed by atoms with van der Waals surface area (Å²) in [5.41, 5.74) is 6.54.